The van der Waals surface area contributed by atoms with Crippen molar-refractivity contribution in [2.24, 2.45) is 0 Å². The summed E-state index contributed by atoms with van der Waals surface area (Å²) in [6, 6.07) is 13.2. The summed E-state index contributed by atoms with van der Waals surface area (Å²) in [6.45, 7) is 0. The summed E-state index contributed by atoms with van der Waals surface area (Å²) in [5.74, 6) is 1.41. The molecule has 0 saturated heterocycles. The van der Waals surface area contributed by atoms with Gasteiger partial charge in [-0.3, -0.25) is 4.98 Å². The number of rotatable bonds is 3. The Morgan fingerprint density at radius 2 is 2.06 bits per heavy atom. The predicted molar refractivity (Wildman–Crippen MR) is 60.1 cm³/mol. The van der Waals surface area contributed by atoms with Gasteiger partial charge < -0.3 is 4.74 Å². The Kier molecular flexibility index (Phi) is 3.15. The van der Waals surface area contributed by atoms with Crippen LogP contribution in [0.4, 0.5) is 0 Å². The van der Waals surface area contributed by atoms with Gasteiger partial charge in [-0.2, -0.15) is 5.26 Å². The number of aromatic nitrogens is 1. The van der Waals surface area contributed by atoms with Gasteiger partial charge in [0.15, 0.2) is 0 Å². The van der Waals surface area contributed by atoms with Crippen LogP contribution in [0, 0.1) is 11.3 Å². The van der Waals surface area contributed by atoms with E-state index in [2.05, 4.69) is 11.1 Å². The van der Waals surface area contributed by atoms with Crippen molar-refractivity contribution in [2.45, 2.75) is 6.42 Å². The summed E-state index contributed by atoms with van der Waals surface area (Å²) in [5.41, 5.74) is 0.948. The number of nitriles is 1. The van der Waals surface area contributed by atoms with Crippen LogP contribution in [0.15, 0.2) is 48.8 Å². The van der Waals surface area contributed by atoms with E-state index in [1.165, 1.54) is 0 Å². The minimum atomic E-state index is 0.393. The highest BCUT2D eigenvalue weighted by molar-refractivity contribution is 5.33. The van der Waals surface area contributed by atoms with Gasteiger partial charge >= 0.3 is 0 Å². The van der Waals surface area contributed by atoms with Crippen molar-refractivity contribution < 1.29 is 4.74 Å². The van der Waals surface area contributed by atoms with Crippen LogP contribution < -0.4 is 4.74 Å². The lowest BCUT2D eigenvalue weighted by atomic mass is 10.1. The molecule has 3 nitrogen and oxygen atoms in total. The molecule has 0 N–H and O–H groups in total. The molecule has 2 rings (SSSR count). The quantitative estimate of drug-likeness (QED) is 0.782. The normalized spacial score (nSPS) is 9.44. The Labute approximate surface area is 93.9 Å². The minimum absolute atomic E-state index is 0.393. The largest absolute Gasteiger partial charge is 0.456 e. The van der Waals surface area contributed by atoms with Crippen LogP contribution in [-0.4, -0.2) is 4.98 Å². The summed E-state index contributed by atoms with van der Waals surface area (Å²) in [6.07, 6.45) is 3.74. The second-order valence-corrected chi connectivity index (χ2v) is 3.27. The van der Waals surface area contributed by atoms with E-state index in [-0.39, 0.29) is 0 Å². The third-order valence-electron chi connectivity index (χ3n) is 2.05. The monoisotopic (exact) mass is 210 g/mol. The van der Waals surface area contributed by atoms with Gasteiger partial charge in [0.2, 0.25) is 0 Å². The molecule has 16 heavy (non-hydrogen) atoms. The molecule has 2 aromatic rings. The molecule has 0 unspecified atom stereocenters. The fraction of sp³-hybridized carbons (Fsp3) is 0.0769. The van der Waals surface area contributed by atoms with E-state index in [1.807, 2.05) is 36.4 Å². The van der Waals surface area contributed by atoms with Crippen LogP contribution in [0.2, 0.25) is 0 Å². The zero-order valence-corrected chi connectivity index (χ0v) is 8.63. The molecule has 0 amide bonds. The van der Waals surface area contributed by atoms with E-state index in [0.29, 0.717) is 12.2 Å². The number of nitrogens with zero attached hydrogens (tertiary/aromatic N) is 2. The summed E-state index contributed by atoms with van der Waals surface area (Å²) < 4.78 is 5.59. The smallest absolute Gasteiger partial charge is 0.145 e. The first-order valence-corrected chi connectivity index (χ1v) is 4.92. The van der Waals surface area contributed by atoms with Crippen molar-refractivity contribution in [3.05, 3.63) is 54.4 Å². The molecule has 0 spiro atoms. The Morgan fingerprint density at radius 3 is 2.81 bits per heavy atom. The average molecular weight is 210 g/mol. The molecule has 0 saturated carbocycles. The maximum Gasteiger partial charge on any atom is 0.145 e. The number of ether oxygens (including phenoxy) is 1. The zero-order chi connectivity index (χ0) is 11.2. The first-order valence-electron chi connectivity index (χ1n) is 4.92. The van der Waals surface area contributed by atoms with Gasteiger partial charge in [-0.1, -0.05) is 12.1 Å². The zero-order valence-electron chi connectivity index (χ0n) is 8.63. The number of hydrogen-bond donors (Lipinski definition) is 0. The Bertz CT molecular complexity index is 503. The van der Waals surface area contributed by atoms with E-state index < -0.39 is 0 Å². The molecule has 1 aromatic heterocycles. The molecule has 0 fully saturated rings. The molecule has 3 heteroatoms. The van der Waals surface area contributed by atoms with Crippen molar-refractivity contribution in [3.63, 3.8) is 0 Å². The first kappa shape index (κ1) is 10.2. The molecule has 0 radical (unpaired) electrons. The lowest BCUT2D eigenvalue weighted by molar-refractivity contribution is 0.480. The summed E-state index contributed by atoms with van der Waals surface area (Å²) in [4.78, 5) is 3.96. The van der Waals surface area contributed by atoms with Crippen LogP contribution in [0.25, 0.3) is 0 Å². The van der Waals surface area contributed by atoms with Crippen molar-refractivity contribution >= 4 is 0 Å². The van der Waals surface area contributed by atoms with E-state index in [0.717, 1.165) is 11.3 Å². The van der Waals surface area contributed by atoms with Crippen LogP contribution >= 0.6 is 0 Å². The molecule has 0 aliphatic rings. The number of benzene rings is 1. The molecular formula is C13H10N2O. The molecule has 0 aliphatic carbocycles. The second kappa shape index (κ2) is 4.94. The minimum Gasteiger partial charge on any atom is -0.456 e. The van der Waals surface area contributed by atoms with Crippen LogP contribution in [-0.2, 0) is 6.42 Å². The SMILES string of the molecule is N#CCc1cccc(Oc2cccnc2)c1. The Balaban J connectivity index is 2.16. The van der Waals surface area contributed by atoms with Crippen LogP contribution in [0.1, 0.15) is 5.56 Å². The topological polar surface area (TPSA) is 45.9 Å². The lowest BCUT2D eigenvalue weighted by Gasteiger charge is -2.05. The summed E-state index contributed by atoms with van der Waals surface area (Å²) >= 11 is 0. The lowest BCUT2D eigenvalue weighted by Crippen LogP contribution is -1.87. The third kappa shape index (κ3) is 2.58. The molecular weight excluding hydrogens is 200 g/mol. The highest BCUT2D eigenvalue weighted by Crippen LogP contribution is 2.21. The van der Waals surface area contributed by atoms with Gasteiger partial charge in [-0.05, 0) is 29.8 Å². The average Bonchev–Trinajstić information content (AvgIpc) is 2.31. The van der Waals surface area contributed by atoms with E-state index in [9.17, 15) is 0 Å². The van der Waals surface area contributed by atoms with Crippen molar-refractivity contribution in [2.75, 3.05) is 0 Å². The van der Waals surface area contributed by atoms with Crippen LogP contribution in [0.3, 0.4) is 0 Å². The fourth-order valence-corrected chi connectivity index (χ4v) is 1.35. The molecule has 0 aliphatic heterocycles. The maximum absolute atomic E-state index is 8.60. The number of pyridine rings is 1. The standard InChI is InChI=1S/C13H10N2O/c14-7-6-11-3-1-4-12(9-11)16-13-5-2-8-15-10-13/h1-5,8-10H,6H2. The number of hydrogen-bond acceptors (Lipinski definition) is 3. The predicted octanol–water partition coefficient (Wildman–Crippen LogP) is 2.94. The van der Waals surface area contributed by atoms with Crippen LogP contribution in [0.5, 0.6) is 11.5 Å². The summed E-state index contributed by atoms with van der Waals surface area (Å²) in [7, 11) is 0. The third-order valence-corrected chi connectivity index (χ3v) is 2.05. The molecule has 0 atom stereocenters. The highest BCUT2D eigenvalue weighted by atomic mass is 16.5. The van der Waals surface area contributed by atoms with Gasteiger partial charge in [-0.25, -0.2) is 0 Å². The first-order chi connectivity index (χ1) is 7.88. The molecule has 78 valence electrons. The van der Waals surface area contributed by atoms with Crippen molar-refractivity contribution in [1.82, 2.24) is 4.98 Å². The van der Waals surface area contributed by atoms with Gasteiger partial charge in [0.1, 0.15) is 11.5 Å². The van der Waals surface area contributed by atoms with Gasteiger partial charge in [0, 0.05) is 6.20 Å². The van der Waals surface area contributed by atoms with Gasteiger partial charge in [0.25, 0.3) is 0 Å². The Hall–Kier alpha value is -2.34. The second-order valence-electron chi connectivity index (χ2n) is 3.27. The fourth-order valence-electron chi connectivity index (χ4n) is 1.35. The molecule has 0 bridgehead atoms. The van der Waals surface area contributed by atoms with E-state index >= 15 is 0 Å². The summed E-state index contributed by atoms with van der Waals surface area (Å²) in [5, 5.41) is 8.60. The molecule has 1 aromatic carbocycles. The van der Waals surface area contributed by atoms with Gasteiger partial charge in [-0.15, -0.1) is 0 Å². The van der Waals surface area contributed by atoms with E-state index in [4.69, 9.17) is 10.00 Å². The van der Waals surface area contributed by atoms with Gasteiger partial charge in [0.05, 0.1) is 18.7 Å². The molecule has 1 heterocycles. The Morgan fingerprint density at radius 1 is 1.19 bits per heavy atom. The van der Waals surface area contributed by atoms with Crippen molar-refractivity contribution in [1.29, 1.82) is 5.26 Å². The highest BCUT2D eigenvalue weighted by Gasteiger charge is 1.98. The van der Waals surface area contributed by atoms with Crippen molar-refractivity contribution in [3.8, 4) is 17.6 Å². The maximum atomic E-state index is 8.60. The van der Waals surface area contributed by atoms with E-state index in [1.54, 1.807) is 12.4 Å².